The van der Waals surface area contributed by atoms with Crippen LogP contribution in [-0.2, 0) is 0 Å². The van der Waals surface area contributed by atoms with Gasteiger partial charge in [0.25, 0.3) is 0 Å². The molecule has 0 spiro atoms. The molecule has 5 heteroatoms. The van der Waals surface area contributed by atoms with E-state index in [0.717, 1.165) is 37.8 Å². The molecule has 3 rings (SSSR count). The summed E-state index contributed by atoms with van der Waals surface area (Å²) in [6.07, 6.45) is 2.69. The third-order valence-corrected chi connectivity index (χ3v) is 4.48. The van der Waals surface area contributed by atoms with Crippen molar-refractivity contribution in [1.82, 2.24) is 10.2 Å². The van der Waals surface area contributed by atoms with E-state index in [9.17, 15) is 4.39 Å². The topological polar surface area (TPSA) is 18.5 Å². The van der Waals surface area contributed by atoms with Crippen LogP contribution in [0.4, 0.5) is 10.1 Å². The van der Waals surface area contributed by atoms with Crippen LogP contribution in [0.15, 0.2) is 24.3 Å². The Bertz CT molecular complexity index is 412. The van der Waals surface area contributed by atoms with Crippen molar-refractivity contribution in [2.24, 2.45) is 5.92 Å². The molecular formula is C16H25ClFN3. The summed E-state index contributed by atoms with van der Waals surface area (Å²) in [5, 5.41) is 3.49. The second-order valence-corrected chi connectivity index (χ2v) is 5.98. The van der Waals surface area contributed by atoms with Crippen LogP contribution in [0.25, 0.3) is 0 Å². The Morgan fingerprint density at radius 1 is 1.10 bits per heavy atom. The lowest BCUT2D eigenvalue weighted by Gasteiger charge is -2.38. The van der Waals surface area contributed by atoms with Gasteiger partial charge in [-0.15, -0.1) is 12.4 Å². The number of hydrogen-bond donors (Lipinski definition) is 1. The normalized spacial score (nSPS) is 23.7. The van der Waals surface area contributed by atoms with Gasteiger partial charge in [-0.3, -0.25) is 4.90 Å². The molecule has 1 aromatic rings. The van der Waals surface area contributed by atoms with E-state index in [2.05, 4.69) is 15.1 Å². The molecule has 1 unspecified atom stereocenters. The van der Waals surface area contributed by atoms with Crippen molar-refractivity contribution in [3.05, 3.63) is 30.1 Å². The third kappa shape index (κ3) is 4.56. The molecule has 1 atom stereocenters. The first-order valence-electron chi connectivity index (χ1n) is 7.75. The Morgan fingerprint density at radius 3 is 2.43 bits per heavy atom. The van der Waals surface area contributed by atoms with Crippen LogP contribution in [0.3, 0.4) is 0 Å². The van der Waals surface area contributed by atoms with Gasteiger partial charge < -0.3 is 10.2 Å². The molecule has 2 saturated heterocycles. The lowest BCUT2D eigenvalue weighted by Crippen LogP contribution is -2.49. The van der Waals surface area contributed by atoms with Crippen molar-refractivity contribution in [3.63, 3.8) is 0 Å². The number of hydrogen-bond acceptors (Lipinski definition) is 3. The Hall–Kier alpha value is -0.840. The number of nitrogens with one attached hydrogen (secondary N) is 1. The van der Waals surface area contributed by atoms with Gasteiger partial charge in [-0.25, -0.2) is 4.39 Å². The number of anilines is 1. The van der Waals surface area contributed by atoms with Crippen LogP contribution in [-0.4, -0.2) is 50.7 Å². The number of benzene rings is 1. The average Bonchev–Trinajstić information content (AvgIpc) is 2.50. The SMILES string of the molecule is Cl.Fc1ccc(N2CCN(CC3CCCNC3)CC2)cc1. The quantitative estimate of drug-likeness (QED) is 0.924. The van der Waals surface area contributed by atoms with Crippen LogP contribution >= 0.6 is 12.4 Å². The van der Waals surface area contributed by atoms with Gasteiger partial charge in [-0.1, -0.05) is 0 Å². The van der Waals surface area contributed by atoms with Crippen molar-refractivity contribution < 1.29 is 4.39 Å². The molecule has 0 amide bonds. The Balaban J connectivity index is 0.00000161. The highest BCUT2D eigenvalue weighted by molar-refractivity contribution is 5.85. The van der Waals surface area contributed by atoms with Gasteiger partial charge in [0.1, 0.15) is 5.82 Å². The lowest BCUT2D eigenvalue weighted by molar-refractivity contribution is 0.199. The lowest BCUT2D eigenvalue weighted by atomic mass is 9.99. The zero-order valence-corrected chi connectivity index (χ0v) is 13.2. The summed E-state index contributed by atoms with van der Waals surface area (Å²) in [7, 11) is 0. The van der Waals surface area contributed by atoms with Crippen molar-refractivity contribution in [2.75, 3.05) is 50.7 Å². The van der Waals surface area contributed by atoms with Crippen LogP contribution in [0.2, 0.25) is 0 Å². The maximum absolute atomic E-state index is 12.9. The van der Waals surface area contributed by atoms with Crippen LogP contribution < -0.4 is 10.2 Å². The fourth-order valence-corrected chi connectivity index (χ4v) is 3.29. The highest BCUT2D eigenvalue weighted by Crippen LogP contribution is 2.18. The summed E-state index contributed by atoms with van der Waals surface area (Å²) >= 11 is 0. The van der Waals surface area contributed by atoms with Gasteiger partial charge in [0.05, 0.1) is 0 Å². The molecule has 118 valence electrons. The monoisotopic (exact) mass is 313 g/mol. The summed E-state index contributed by atoms with van der Waals surface area (Å²) in [6.45, 7) is 7.93. The highest BCUT2D eigenvalue weighted by atomic mass is 35.5. The number of rotatable bonds is 3. The molecule has 1 aromatic carbocycles. The molecule has 2 fully saturated rings. The van der Waals surface area contributed by atoms with Crippen LogP contribution in [0, 0.1) is 11.7 Å². The summed E-state index contributed by atoms with van der Waals surface area (Å²) < 4.78 is 12.9. The largest absolute Gasteiger partial charge is 0.369 e. The predicted octanol–water partition coefficient (Wildman–Crippen LogP) is 2.37. The van der Waals surface area contributed by atoms with E-state index in [1.54, 1.807) is 12.1 Å². The first-order valence-corrected chi connectivity index (χ1v) is 7.75. The van der Waals surface area contributed by atoms with Crippen LogP contribution in [0.5, 0.6) is 0 Å². The van der Waals surface area contributed by atoms with Gasteiger partial charge in [0.15, 0.2) is 0 Å². The van der Waals surface area contributed by atoms with Gasteiger partial charge in [0, 0.05) is 38.4 Å². The predicted molar refractivity (Wildman–Crippen MR) is 87.9 cm³/mol. The minimum absolute atomic E-state index is 0. The zero-order valence-electron chi connectivity index (χ0n) is 12.4. The highest BCUT2D eigenvalue weighted by Gasteiger charge is 2.21. The maximum Gasteiger partial charge on any atom is 0.123 e. The smallest absolute Gasteiger partial charge is 0.123 e. The molecule has 3 nitrogen and oxygen atoms in total. The number of halogens is 2. The molecule has 0 saturated carbocycles. The number of piperidine rings is 1. The van der Waals surface area contributed by atoms with E-state index in [1.807, 2.05) is 12.1 Å². The molecule has 1 N–H and O–H groups in total. The van der Waals surface area contributed by atoms with E-state index in [1.165, 1.54) is 32.5 Å². The van der Waals surface area contributed by atoms with E-state index in [4.69, 9.17) is 0 Å². The minimum Gasteiger partial charge on any atom is -0.369 e. The summed E-state index contributed by atoms with van der Waals surface area (Å²) in [5.74, 6) is 0.665. The Morgan fingerprint density at radius 2 is 1.81 bits per heavy atom. The van der Waals surface area contributed by atoms with Crippen molar-refractivity contribution in [3.8, 4) is 0 Å². The summed E-state index contributed by atoms with van der Waals surface area (Å²) in [4.78, 5) is 4.94. The standard InChI is InChI=1S/C16H24FN3.ClH/c17-15-3-5-16(6-4-15)20-10-8-19(9-11-20)13-14-2-1-7-18-12-14;/h3-6,14,18H,1-2,7-13H2;1H. The van der Waals surface area contributed by atoms with Crippen molar-refractivity contribution >= 4 is 18.1 Å². The summed E-state index contributed by atoms with van der Waals surface area (Å²) in [6, 6.07) is 6.87. The molecule has 0 aliphatic carbocycles. The molecule has 0 bridgehead atoms. The van der Waals surface area contributed by atoms with Crippen molar-refractivity contribution in [1.29, 1.82) is 0 Å². The molecule has 2 heterocycles. The minimum atomic E-state index is -0.155. The van der Waals surface area contributed by atoms with Gasteiger partial charge in [0.2, 0.25) is 0 Å². The van der Waals surface area contributed by atoms with E-state index in [-0.39, 0.29) is 18.2 Å². The molecule has 0 radical (unpaired) electrons. The maximum atomic E-state index is 12.9. The Labute approximate surface area is 132 Å². The van der Waals surface area contributed by atoms with Gasteiger partial charge in [-0.05, 0) is 56.1 Å². The fraction of sp³-hybridized carbons (Fsp3) is 0.625. The molecule has 21 heavy (non-hydrogen) atoms. The fourth-order valence-electron chi connectivity index (χ4n) is 3.29. The van der Waals surface area contributed by atoms with E-state index < -0.39 is 0 Å². The molecule has 2 aliphatic heterocycles. The summed E-state index contributed by atoms with van der Waals surface area (Å²) in [5.41, 5.74) is 1.14. The number of nitrogens with zero attached hydrogens (tertiary/aromatic N) is 2. The Kier molecular flexibility index (Phi) is 6.27. The van der Waals surface area contributed by atoms with Crippen molar-refractivity contribution in [2.45, 2.75) is 12.8 Å². The average molecular weight is 314 g/mol. The van der Waals surface area contributed by atoms with E-state index >= 15 is 0 Å². The number of piperazine rings is 1. The first-order chi connectivity index (χ1) is 9.81. The molecule has 2 aliphatic rings. The first kappa shape index (κ1) is 16.5. The second kappa shape index (κ2) is 7.97. The molecular weight excluding hydrogens is 289 g/mol. The zero-order chi connectivity index (χ0) is 13.8. The van der Waals surface area contributed by atoms with E-state index in [0.29, 0.717) is 0 Å². The third-order valence-electron chi connectivity index (χ3n) is 4.48. The molecule has 0 aromatic heterocycles. The van der Waals surface area contributed by atoms with Gasteiger partial charge >= 0.3 is 0 Å². The second-order valence-electron chi connectivity index (χ2n) is 5.98. The van der Waals surface area contributed by atoms with Gasteiger partial charge in [-0.2, -0.15) is 0 Å². The van der Waals surface area contributed by atoms with Crippen LogP contribution in [0.1, 0.15) is 12.8 Å².